The number of aliphatic imine (C=N–C) groups is 1. The molecule has 0 unspecified atom stereocenters. The zero-order valence-electron chi connectivity index (χ0n) is 9.73. The first kappa shape index (κ1) is 15.2. The van der Waals surface area contributed by atoms with E-state index in [2.05, 4.69) is 30.2 Å². The van der Waals surface area contributed by atoms with Crippen LogP contribution in [0.4, 0.5) is 5.69 Å². The molecule has 2 aromatic rings. The van der Waals surface area contributed by atoms with Crippen molar-refractivity contribution < 1.29 is 15.1 Å². The van der Waals surface area contributed by atoms with Crippen LogP contribution in [0, 0.1) is 6.92 Å². The van der Waals surface area contributed by atoms with Crippen LogP contribution >= 0.6 is 10.1 Å². The molecule has 97 valence electrons. The summed E-state index contributed by atoms with van der Waals surface area (Å²) in [4.78, 5) is 5.26. The van der Waals surface area contributed by atoms with Crippen LogP contribution in [0.25, 0.3) is 0 Å². The molecule has 0 spiro atoms. The van der Waals surface area contributed by atoms with Crippen LogP contribution in [-0.2, 0) is 27.7 Å². The Morgan fingerprint density at radius 3 is 2.39 bits per heavy atom. The Balaban J connectivity index is 0.000000771. The molecule has 0 radical (unpaired) electrons. The Morgan fingerprint density at radius 1 is 1.06 bits per heavy atom. The van der Waals surface area contributed by atoms with Crippen LogP contribution < -0.4 is 0 Å². The van der Waals surface area contributed by atoms with E-state index in [4.69, 9.17) is 12.6 Å². The summed E-state index contributed by atoms with van der Waals surface area (Å²) in [6, 6.07) is 15.9. The predicted octanol–water partition coefficient (Wildman–Crippen LogP) is 4.34. The van der Waals surface area contributed by atoms with Crippen molar-refractivity contribution in [2.45, 2.75) is 11.8 Å². The minimum atomic E-state index is 0.877. The molecule has 0 atom stereocenters. The van der Waals surface area contributed by atoms with Gasteiger partial charge in [0.15, 0.2) is 0 Å². The summed E-state index contributed by atoms with van der Waals surface area (Å²) in [5.41, 5.74) is 3.06. The third-order valence-electron chi connectivity index (χ3n) is 2.35. The third-order valence-corrected chi connectivity index (χ3v) is 2.91. The zero-order valence-corrected chi connectivity index (χ0v) is 12.2. The molecule has 0 amide bonds. The molecule has 4 heteroatoms. The summed E-state index contributed by atoms with van der Waals surface area (Å²) in [6.45, 7) is 2.02. The van der Waals surface area contributed by atoms with E-state index in [1.54, 1.807) is 0 Å². The zero-order chi connectivity index (χ0) is 13.4. The van der Waals surface area contributed by atoms with Crippen LogP contribution in [-0.4, -0.2) is 6.21 Å². The molecule has 0 aliphatic carbocycles. The molecule has 0 N–H and O–H groups in total. The second-order valence-electron chi connectivity index (χ2n) is 3.59. The van der Waals surface area contributed by atoms with Gasteiger partial charge in [0, 0.05) is 6.21 Å². The van der Waals surface area contributed by atoms with Crippen molar-refractivity contribution in [3.8, 4) is 0 Å². The first-order valence-corrected chi connectivity index (χ1v) is 6.95. The summed E-state index contributed by atoms with van der Waals surface area (Å²) in [7, 11) is 4.20. The maximum absolute atomic E-state index is 5.32. The second kappa shape index (κ2) is 8.28. The molecule has 0 bridgehead atoms. The van der Waals surface area contributed by atoms with E-state index in [0.717, 1.165) is 21.7 Å². The maximum atomic E-state index is 5.32. The molecule has 2 aromatic carbocycles. The van der Waals surface area contributed by atoms with E-state index >= 15 is 0 Å². The molecular formula is C14H12ClCuNS. The fourth-order valence-corrected chi connectivity index (χ4v) is 1.62. The summed E-state index contributed by atoms with van der Waals surface area (Å²) < 4.78 is 0. The van der Waals surface area contributed by atoms with Gasteiger partial charge >= 0.3 is 25.2 Å². The van der Waals surface area contributed by atoms with Gasteiger partial charge in [0.2, 0.25) is 0 Å². The Morgan fingerprint density at radius 2 is 1.72 bits per heavy atom. The van der Waals surface area contributed by atoms with Gasteiger partial charge in [-0.3, -0.25) is 4.99 Å². The number of rotatable bonds is 2. The van der Waals surface area contributed by atoms with Crippen LogP contribution in [0.1, 0.15) is 11.1 Å². The number of aryl methyl sites for hydroxylation is 1. The van der Waals surface area contributed by atoms with Crippen molar-refractivity contribution in [2.75, 3.05) is 0 Å². The molecule has 0 aromatic heterocycles. The van der Waals surface area contributed by atoms with Gasteiger partial charge in [-0.05, 0) is 24.6 Å². The molecule has 0 aliphatic heterocycles. The van der Waals surface area contributed by atoms with Crippen molar-refractivity contribution in [3.63, 3.8) is 0 Å². The molecular weight excluding hydrogens is 313 g/mol. The molecule has 2 rings (SSSR count). The quantitative estimate of drug-likeness (QED) is 0.454. The molecule has 0 heterocycles. The Hall–Kier alpha value is -0.861. The van der Waals surface area contributed by atoms with Gasteiger partial charge in [-0.25, -0.2) is 0 Å². The van der Waals surface area contributed by atoms with Gasteiger partial charge in [-0.2, -0.15) is 4.90 Å². The van der Waals surface area contributed by atoms with Crippen molar-refractivity contribution in [3.05, 3.63) is 59.7 Å². The number of halogens is 1. The third kappa shape index (κ3) is 4.43. The van der Waals surface area contributed by atoms with Gasteiger partial charge in [-0.1, -0.05) is 42.0 Å². The Labute approximate surface area is 126 Å². The predicted molar refractivity (Wildman–Crippen MR) is 76.4 cm³/mol. The van der Waals surface area contributed by atoms with Gasteiger partial charge in [-0.15, -0.1) is 0 Å². The second-order valence-corrected chi connectivity index (χ2v) is 4.00. The molecule has 0 saturated heterocycles. The van der Waals surface area contributed by atoms with E-state index < -0.39 is 0 Å². The number of para-hydroxylation sites is 1. The van der Waals surface area contributed by atoms with E-state index in [1.807, 2.05) is 61.7 Å². The fourth-order valence-electron chi connectivity index (χ4n) is 1.43. The molecule has 0 saturated carbocycles. The Kier molecular flexibility index (Phi) is 6.99. The SMILES string of the molecule is Cc1cccc(C=Nc2ccccc2)c1[S-].[Cl][Cu+]. The van der Waals surface area contributed by atoms with E-state index in [1.165, 1.54) is 0 Å². The van der Waals surface area contributed by atoms with Crippen LogP contribution in [0.2, 0.25) is 0 Å². The number of hydrogen-bond acceptors (Lipinski definition) is 2. The number of hydrogen-bond donors (Lipinski definition) is 0. The van der Waals surface area contributed by atoms with Crippen molar-refractivity contribution in [2.24, 2.45) is 4.99 Å². The van der Waals surface area contributed by atoms with Crippen molar-refractivity contribution in [1.82, 2.24) is 0 Å². The van der Waals surface area contributed by atoms with Crippen molar-refractivity contribution >= 4 is 34.6 Å². The first-order valence-electron chi connectivity index (χ1n) is 5.24. The van der Waals surface area contributed by atoms with Crippen LogP contribution in [0.5, 0.6) is 0 Å². The summed E-state index contributed by atoms with van der Waals surface area (Å²) in [5.74, 6) is 0. The van der Waals surface area contributed by atoms with Gasteiger partial charge < -0.3 is 12.6 Å². The number of benzene rings is 2. The van der Waals surface area contributed by atoms with Gasteiger partial charge in [0.25, 0.3) is 0 Å². The van der Waals surface area contributed by atoms with Gasteiger partial charge in [0.05, 0.1) is 5.69 Å². The average molecular weight is 325 g/mol. The average Bonchev–Trinajstić information content (AvgIpc) is 2.44. The summed E-state index contributed by atoms with van der Waals surface area (Å²) in [5, 5.41) is 0. The van der Waals surface area contributed by atoms with Gasteiger partial charge in [0.1, 0.15) is 0 Å². The Bertz CT molecular complexity index is 514. The fraction of sp³-hybridized carbons (Fsp3) is 0.0714. The van der Waals surface area contributed by atoms with Crippen LogP contribution in [0.15, 0.2) is 58.4 Å². The van der Waals surface area contributed by atoms with Crippen LogP contribution in [0.3, 0.4) is 0 Å². The van der Waals surface area contributed by atoms with E-state index in [9.17, 15) is 0 Å². The summed E-state index contributed by atoms with van der Waals surface area (Å²) >= 11 is 8.98. The van der Waals surface area contributed by atoms with Crippen molar-refractivity contribution in [1.29, 1.82) is 0 Å². The molecule has 18 heavy (non-hydrogen) atoms. The molecule has 0 fully saturated rings. The monoisotopic (exact) mass is 324 g/mol. The molecule has 0 aliphatic rings. The standard InChI is InChI=1S/C14H13NS.ClH.Cu/c1-11-6-5-7-12(14(11)16)10-15-13-8-3-2-4-9-13;;/h2-10,16H,1H3;1H;/q;;+2/p-2. The topological polar surface area (TPSA) is 12.4 Å². The molecule has 1 nitrogen and oxygen atoms in total. The first-order chi connectivity index (χ1) is 8.77. The minimum absolute atomic E-state index is 0.877. The summed E-state index contributed by atoms with van der Waals surface area (Å²) in [6.07, 6.45) is 1.82. The number of nitrogens with zero attached hydrogens (tertiary/aromatic N) is 1. The van der Waals surface area contributed by atoms with E-state index in [0.29, 0.717) is 0 Å². The normalized spacial score (nSPS) is 10.0. The van der Waals surface area contributed by atoms with E-state index in [-0.39, 0.29) is 0 Å².